The van der Waals surface area contributed by atoms with E-state index in [1.54, 1.807) is 35.1 Å². The van der Waals surface area contributed by atoms with Crippen molar-refractivity contribution in [1.29, 1.82) is 0 Å². The summed E-state index contributed by atoms with van der Waals surface area (Å²) in [6.45, 7) is 17.8. The number of carbonyl (C=O) groups excluding carboxylic acids is 5. The van der Waals surface area contributed by atoms with Gasteiger partial charge in [0.15, 0.2) is 0 Å². The first kappa shape index (κ1) is 46.5. The van der Waals surface area contributed by atoms with E-state index in [9.17, 15) is 24.0 Å². The fourth-order valence-corrected chi connectivity index (χ4v) is 10.4. The van der Waals surface area contributed by atoms with Gasteiger partial charge in [0.05, 0.1) is 36.2 Å². The van der Waals surface area contributed by atoms with E-state index in [1.165, 1.54) is 11.1 Å². The smallest absolute Gasteiger partial charge is 0.324 e. The number of hydrogen-bond donors (Lipinski definition) is 2. The summed E-state index contributed by atoms with van der Waals surface area (Å²) in [5.41, 5.74) is 9.84. The van der Waals surface area contributed by atoms with Gasteiger partial charge in [-0.2, -0.15) is 0 Å². The third-order valence-electron chi connectivity index (χ3n) is 14.0. The number of hydrogen-bond acceptors (Lipinski definition) is 9. The molecular formula is C51H64N8O7. The standard InChI is InChI=1S/C51H64N8O7/c1-10-42(60)56-27-51(28-56)29-58(49(64)55(51)8)44(31(3)4)46(61)53-40-24-33-15-12-16-34(23-33)35-19-20-41-37(25-35)38(45(57(41)11-2)36-17-13-21-52-43(36)32(5)65-9)26-50(6,7)30-66-48(63)39-18-14-22-59(54-39)47(40)62/h10,12-13,15-17,19-21,23,25,31-32,39-40,44,54H,1,11,14,18,22,24,26-30H2,2-9H3,(H,53,61)/t32-,39-,40-,44-/m0/s1. The van der Waals surface area contributed by atoms with Crippen LogP contribution >= 0.6 is 0 Å². The quantitative estimate of drug-likeness (QED) is 0.154. The molecule has 66 heavy (non-hydrogen) atoms. The van der Waals surface area contributed by atoms with Crippen molar-refractivity contribution in [3.8, 4) is 22.4 Å². The molecule has 4 aliphatic heterocycles. The van der Waals surface area contributed by atoms with Crippen LogP contribution in [0.5, 0.6) is 0 Å². The number of methoxy groups -OCH3 is 1. The van der Waals surface area contributed by atoms with Gasteiger partial charge in [-0.1, -0.05) is 64.6 Å². The molecule has 0 aliphatic carbocycles. The maximum absolute atomic E-state index is 14.8. The molecule has 6 heterocycles. The molecule has 1 spiro atoms. The normalized spacial score (nSPS) is 21.7. The Morgan fingerprint density at radius 2 is 1.80 bits per heavy atom. The van der Waals surface area contributed by atoms with Gasteiger partial charge < -0.3 is 34.1 Å². The molecule has 15 heteroatoms. The van der Waals surface area contributed by atoms with Crippen LogP contribution in [0.2, 0.25) is 0 Å². The van der Waals surface area contributed by atoms with Gasteiger partial charge in [0.1, 0.15) is 18.1 Å². The van der Waals surface area contributed by atoms with Crippen LogP contribution in [-0.4, -0.2) is 130 Å². The average Bonchev–Trinajstić information content (AvgIpc) is 3.74. The van der Waals surface area contributed by atoms with E-state index in [1.807, 2.05) is 39.0 Å². The number of fused-ring (bicyclic) bond motifs is 6. The number of rotatable bonds is 9. The fourth-order valence-electron chi connectivity index (χ4n) is 10.4. The molecule has 4 aliphatic rings. The first-order valence-electron chi connectivity index (χ1n) is 23.2. The van der Waals surface area contributed by atoms with Crippen molar-refractivity contribution in [3.05, 3.63) is 90.3 Å². The number of urea groups is 1. The molecule has 2 aromatic carbocycles. The maximum atomic E-state index is 14.8. The predicted molar refractivity (Wildman–Crippen MR) is 252 cm³/mol. The Bertz CT molecular complexity index is 2560. The molecule has 3 fully saturated rings. The Morgan fingerprint density at radius 3 is 2.52 bits per heavy atom. The predicted octanol–water partition coefficient (Wildman–Crippen LogP) is 5.91. The molecular weight excluding hydrogens is 837 g/mol. The Kier molecular flexibility index (Phi) is 12.9. The monoisotopic (exact) mass is 900 g/mol. The van der Waals surface area contributed by atoms with Crippen LogP contribution in [0.15, 0.2) is 73.4 Å². The average molecular weight is 901 g/mol. The number of pyridine rings is 1. The number of aryl methyl sites for hydroxylation is 1. The van der Waals surface area contributed by atoms with Crippen molar-refractivity contribution in [3.63, 3.8) is 0 Å². The highest BCUT2D eigenvalue weighted by atomic mass is 16.5. The number of likely N-dealkylation sites (tertiary alicyclic amines) is 1. The molecule has 8 rings (SSSR count). The topological polar surface area (TPSA) is 159 Å². The Labute approximate surface area is 387 Å². The van der Waals surface area contributed by atoms with Crippen molar-refractivity contribution < 1.29 is 33.4 Å². The number of nitrogens with zero attached hydrogens (tertiary/aromatic N) is 6. The van der Waals surface area contributed by atoms with E-state index in [4.69, 9.17) is 14.5 Å². The van der Waals surface area contributed by atoms with Crippen LogP contribution in [0, 0.1) is 11.3 Å². The van der Waals surface area contributed by atoms with Crippen LogP contribution in [0.25, 0.3) is 33.3 Å². The van der Waals surface area contributed by atoms with E-state index >= 15 is 0 Å². The molecule has 2 aromatic heterocycles. The van der Waals surface area contributed by atoms with Crippen molar-refractivity contribution in [2.45, 2.75) is 104 Å². The highest BCUT2D eigenvalue weighted by molar-refractivity contribution is 5.96. The zero-order chi connectivity index (χ0) is 47.2. The number of amides is 5. The maximum Gasteiger partial charge on any atom is 0.324 e. The van der Waals surface area contributed by atoms with Crippen LogP contribution in [0.4, 0.5) is 4.79 Å². The second-order valence-corrected chi connectivity index (χ2v) is 19.6. The molecule has 5 amide bonds. The molecule has 4 atom stereocenters. The van der Waals surface area contributed by atoms with Crippen molar-refractivity contribution in [2.24, 2.45) is 11.3 Å². The summed E-state index contributed by atoms with van der Waals surface area (Å²) in [7, 11) is 3.39. The summed E-state index contributed by atoms with van der Waals surface area (Å²) < 4.78 is 14.3. The summed E-state index contributed by atoms with van der Waals surface area (Å²) in [5, 5.41) is 5.61. The van der Waals surface area contributed by atoms with Crippen LogP contribution in [0.1, 0.15) is 77.3 Å². The zero-order valence-corrected chi connectivity index (χ0v) is 39.6. The lowest BCUT2D eigenvalue weighted by atomic mass is 9.84. The molecule has 4 aromatic rings. The van der Waals surface area contributed by atoms with Crippen molar-refractivity contribution in [1.82, 2.24) is 40.0 Å². The van der Waals surface area contributed by atoms with E-state index in [2.05, 4.69) is 79.1 Å². The fraction of sp³-hybridized carbons (Fsp3) is 0.490. The molecule has 0 saturated carbocycles. The zero-order valence-electron chi connectivity index (χ0n) is 39.6. The largest absolute Gasteiger partial charge is 0.464 e. The molecule has 2 N–H and O–H groups in total. The first-order valence-corrected chi connectivity index (χ1v) is 23.2. The molecule has 6 bridgehead atoms. The van der Waals surface area contributed by atoms with Crippen LogP contribution < -0.4 is 10.7 Å². The molecule has 0 unspecified atom stereocenters. The van der Waals surface area contributed by atoms with Crippen LogP contribution in [0.3, 0.4) is 0 Å². The molecule has 350 valence electrons. The molecule has 0 radical (unpaired) electrons. The lowest BCUT2D eigenvalue weighted by Gasteiger charge is -2.50. The van der Waals surface area contributed by atoms with Gasteiger partial charge >= 0.3 is 12.0 Å². The SMILES string of the molecule is C=CC(=O)N1CC2(C1)CN([C@H](C(=O)N[C@H]1Cc3cccc(c3)-c3ccc4c(c3)c(c(-c3cccnc3[C@H](C)OC)n4CC)CC(C)(C)COC(=O)[C@@H]3CCCN(N3)C1=O)C(C)C)C(=O)N2C. The van der Waals surface area contributed by atoms with Gasteiger partial charge in [0.2, 0.25) is 11.8 Å². The number of nitrogens with one attached hydrogen (secondary N) is 2. The van der Waals surface area contributed by atoms with Gasteiger partial charge in [0.25, 0.3) is 5.91 Å². The third-order valence-corrected chi connectivity index (χ3v) is 14.0. The third kappa shape index (κ3) is 8.58. The summed E-state index contributed by atoms with van der Waals surface area (Å²) in [6, 6.07) is 15.6. The van der Waals surface area contributed by atoms with Crippen LogP contribution in [-0.2, 0) is 48.0 Å². The van der Waals surface area contributed by atoms with Gasteiger partial charge in [-0.15, -0.1) is 0 Å². The number of likely N-dealkylation sites (N-methyl/N-ethyl adjacent to an activating group) is 1. The number of cyclic esters (lactones) is 1. The summed E-state index contributed by atoms with van der Waals surface area (Å²) >= 11 is 0. The minimum absolute atomic E-state index is 0.135. The van der Waals surface area contributed by atoms with E-state index in [-0.39, 0.29) is 43.5 Å². The summed E-state index contributed by atoms with van der Waals surface area (Å²) in [4.78, 5) is 79.3. The summed E-state index contributed by atoms with van der Waals surface area (Å²) in [5.74, 6) is -1.83. The van der Waals surface area contributed by atoms with Crippen molar-refractivity contribution in [2.75, 3.05) is 46.9 Å². The van der Waals surface area contributed by atoms with Crippen molar-refractivity contribution >= 4 is 40.6 Å². The highest BCUT2D eigenvalue weighted by Crippen LogP contribution is 2.42. The second-order valence-electron chi connectivity index (χ2n) is 19.6. The van der Waals surface area contributed by atoms with Gasteiger partial charge in [-0.25, -0.2) is 10.2 Å². The molecule has 3 saturated heterocycles. The van der Waals surface area contributed by atoms with Gasteiger partial charge in [-0.05, 0) is 91.6 Å². The number of benzene rings is 2. The second kappa shape index (κ2) is 18.3. The minimum atomic E-state index is -1.05. The summed E-state index contributed by atoms with van der Waals surface area (Å²) in [6.07, 6.45) is 4.55. The van der Waals surface area contributed by atoms with Gasteiger partial charge in [-0.3, -0.25) is 29.2 Å². The number of aromatic nitrogens is 2. The number of ether oxygens (including phenoxy) is 2. The van der Waals surface area contributed by atoms with E-state index < -0.39 is 46.9 Å². The lowest BCUT2D eigenvalue weighted by Crippen LogP contribution is -2.70. The van der Waals surface area contributed by atoms with E-state index in [0.29, 0.717) is 45.4 Å². The minimum Gasteiger partial charge on any atom is -0.464 e. The number of hydrazine groups is 1. The Hall–Kier alpha value is -6.06. The highest BCUT2D eigenvalue weighted by Gasteiger charge is 2.58. The first-order chi connectivity index (χ1) is 31.5. The number of esters is 1. The Morgan fingerprint density at radius 1 is 1.05 bits per heavy atom. The number of carbonyl (C=O) groups is 5. The molecule has 15 nitrogen and oxygen atoms in total. The Balaban J connectivity index is 1.19. The van der Waals surface area contributed by atoms with E-state index in [0.717, 1.165) is 50.1 Å². The van der Waals surface area contributed by atoms with Gasteiger partial charge in [0, 0.05) is 74.8 Å². The lowest BCUT2D eigenvalue weighted by molar-refractivity contribution is -0.155.